The van der Waals surface area contributed by atoms with Crippen LogP contribution in [0.4, 0.5) is 13.2 Å². The van der Waals surface area contributed by atoms with Crippen molar-refractivity contribution in [2.24, 2.45) is 0 Å². The molecule has 1 N–H and O–H groups in total. The molecule has 1 rings (SSSR count). The van der Waals surface area contributed by atoms with Gasteiger partial charge in [0.2, 0.25) is 0 Å². The van der Waals surface area contributed by atoms with Crippen molar-refractivity contribution in [1.82, 2.24) is 5.48 Å². The van der Waals surface area contributed by atoms with Crippen molar-refractivity contribution in [3.8, 4) is 11.5 Å². The number of ether oxygens (including phenoxy) is 2. The van der Waals surface area contributed by atoms with E-state index in [9.17, 15) is 13.2 Å². The average molecular weight is 265 g/mol. The lowest BCUT2D eigenvalue weighted by Crippen LogP contribution is -2.24. The molecule has 1 aromatic rings. The zero-order chi connectivity index (χ0) is 13.6. The minimum Gasteiger partial charge on any atom is -0.493 e. The van der Waals surface area contributed by atoms with Crippen LogP contribution < -0.4 is 15.0 Å². The fourth-order valence-corrected chi connectivity index (χ4v) is 1.26. The third-order valence-electron chi connectivity index (χ3n) is 2.06. The van der Waals surface area contributed by atoms with Gasteiger partial charge in [-0.3, -0.25) is 4.84 Å². The maximum atomic E-state index is 11.8. The average Bonchev–Trinajstić information content (AvgIpc) is 2.33. The van der Waals surface area contributed by atoms with Gasteiger partial charge in [0.25, 0.3) is 0 Å². The summed E-state index contributed by atoms with van der Waals surface area (Å²) in [6.07, 6.45) is -4.34. The largest absolute Gasteiger partial charge is 0.493 e. The lowest BCUT2D eigenvalue weighted by Gasteiger charge is -2.11. The minimum atomic E-state index is -4.34. The van der Waals surface area contributed by atoms with E-state index in [0.717, 1.165) is 5.56 Å². The fraction of sp³-hybridized carbons (Fsp3) is 0.455. The molecule has 0 radical (unpaired) electrons. The summed E-state index contributed by atoms with van der Waals surface area (Å²) in [5.41, 5.74) is 2.95. The Morgan fingerprint density at radius 3 is 2.33 bits per heavy atom. The summed E-state index contributed by atoms with van der Waals surface area (Å²) >= 11 is 0. The normalized spacial score (nSPS) is 11.4. The van der Waals surface area contributed by atoms with Crippen molar-refractivity contribution in [3.63, 3.8) is 0 Å². The third-order valence-corrected chi connectivity index (χ3v) is 2.06. The van der Waals surface area contributed by atoms with Gasteiger partial charge in [-0.2, -0.15) is 18.7 Å². The van der Waals surface area contributed by atoms with Crippen molar-refractivity contribution in [3.05, 3.63) is 23.8 Å². The van der Waals surface area contributed by atoms with Crippen LogP contribution >= 0.6 is 0 Å². The van der Waals surface area contributed by atoms with E-state index >= 15 is 0 Å². The van der Waals surface area contributed by atoms with Crippen LogP contribution in [0, 0.1) is 0 Å². The van der Waals surface area contributed by atoms with Crippen molar-refractivity contribution >= 4 is 0 Å². The molecule has 0 unspecified atom stereocenters. The quantitative estimate of drug-likeness (QED) is 0.632. The number of hydrogen-bond donors (Lipinski definition) is 1. The molecule has 0 fully saturated rings. The van der Waals surface area contributed by atoms with E-state index in [0.29, 0.717) is 11.5 Å². The molecule has 0 spiro atoms. The lowest BCUT2D eigenvalue weighted by atomic mass is 10.2. The number of benzene rings is 1. The highest BCUT2D eigenvalue weighted by Crippen LogP contribution is 2.27. The molecule has 0 amide bonds. The summed E-state index contributed by atoms with van der Waals surface area (Å²) in [5, 5.41) is 0. The van der Waals surface area contributed by atoms with Gasteiger partial charge in [-0.25, -0.2) is 0 Å². The molecule has 0 aliphatic rings. The smallest absolute Gasteiger partial charge is 0.413 e. The highest BCUT2D eigenvalue weighted by atomic mass is 19.4. The number of alkyl halides is 3. The Bertz CT molecular complexity index is 382. The van der Waals surface area contributed by atoms with Crippen LogP contribution in [0.2, 0.25) is 0 Å². The van der Waals surface area contributed by atoms with Crippen molar-refractivity contribution in [2.45, 2.75) is 12.7 Å². The molecule has 18 heavy (non-hydrogen) atoms. The highest BCUT2D eigenvalue weighted by Gasteiger charge is 2.27. The Morgan fingerprint density at radius 2 is 1.78 bits per heavy atom. The first kappa shape index (κ1) is 14.6. The molecule has 0 aliphatic carbocycles. The Kier molecular flexibility index (Phi) is 5.24. The van der Waals surface area contributed by atoms with Gasteiger partial charge in [-0.05, 0) is 17.7 Å². The molecule has 0 bridgehead atoms. The molecule has 1 aromatic carbocycles. The van der Waals surface area contributed by atoms with Crippen LogP contribution in [0.15, 0.2) is 18.2 Å². The number of rotatable bonds is 6. The molecule has 0 heterocycles. The third kappa shape index (κ3) is 4.80. The number of hydroxylamine groups is 1. The first-order valence-electron chi connectivity index (χ1n) is 5.08. The van der Waals surface area contributed by atoms with Gasteiger partial charge < -0.3 is 9.47 Å². The van der Waals surface area contributed by atoms with Crippen molar-refractivity contribution < 1.29 is 27.5 Å². The van der Waals surface area contributed by atoms with E-state index in [4.69, 9.17) is 9.47 Å². The summed E-state index contributed by atoms with van der Waals surface area (Å²) < 4.78 is 45.5. The van der Waals surface area contributed by atoms with Crippen LogP contribution in [0.1, 0.15) is 5.56 Å². The highest BCUT2D eigenvalue weighted by molar-refractivity contribution is 5.42. The maximum absolute atomic E-state index is 11.8. The first-order valence-corrected chi connectivity index (χ1v) is 5.08. The second kappa shape index (κ2) is 6.46. The predicted molar refractivity (Wildman–Crippen MR) is 58.4 cm³/mol. The van der Waals surface area contributed by atoms with Gasteiger partial charge in [0.15, 0.2) is 18.1 Å². The van der Waals surface area contributed by atoms with E-state index in [2.05, 4.69) is 10.3 Å². The first-order chi connectivity index (χ1) is 8.46. The zero-order valence-corrected chi connectivity index (χ0v) is 10.0. The number of halogens is 3. The molecular formula is C11H14F3NO3. The van der Waals surface area contributed by atoms with E-state index in [1.807, 2.05) is 0 Å². The molecule has 0 aliphatic heterocycles. The SMILES string of the molecule is COc1ccc(CNOCC(F)(F)F)cc1OC. The Balaban J connectivity index is 2.48. The van der Waals surface area contributed by atoms with Gasteiger partial charge in [-0.1, -0.05) is 6.07 Å². The molecule has 0 aromatic heterocycles. The zero-order valence-electron chi connectivity index (χ0n) is 10.0. The molecular weight excluding hydrogens is 251 g/mol. The van der Waals surface area contributed by atoms with Gasteiger partial charge >= 0.3 is 6.18 Å². The van der Waals surface area contributed by atoms with E-state index < -0.39 is 12.8 Å². The summed E-state index contributed by atoms with van der Waals surface area (Å²) in [6.45, 7) is -1.20. The van der Waals surface area contributed by atoms with Crippen LogP contribution in [-0.2, 0) is 11.4 Å². The van der Waals surface area contributed by atoms with Crippen LogP contribution in [0.25, 0.3) is 0 Å². The van der Waals surface area contributed by atoms with Crippen LogP contribution in [-0.4, -0.2) is 27.0 Å². The van der Waals surface area contributed by atoms with Gasteiger partial charge in [0.05, 0.1) is 14.2 Å². The van der Waals surface area contributed by atoms with E-state index in [1.165, 1.54) is 14.2 Å². The standard InChI is InChI=1S/C11H14F3NO3/c1-16-9-4-3-8(5-10(9)17-2)6-15-18-7-11(12,13)14/h3-5,15H,6-7H2,1-2H3. The molecule has 0 saturated carbocycles. The molecule has 0 saturated heterocycles. The maximum Gasteiger partial charge on any atom is 0.413 e. The molecule has 102 valence electrons. The Labute approximate surface area is 103 Å². The Morgan fingerprint density at radius 1 is 1.11 bits per heavy atom. The van der Waals surface area contributed by atoms with Crippen molar-refractivity contribution in [2.75, 3.05) is 20.8 Å². The van der Waals surface area contributed by atoms with E-state index in [-0.39, 0.29) is 6.54 Å². The summed E-state index contributed by atoms with van der Waals surface area (Å²) in [7, 11) is 2.98. The Hall–Kier alpha value is -1.47. The van der Waals surface area contributed by atoms with Gasteiger partial charge in [0, 0.05) is 6.54 Å². The topological polar surface area (TPSA) is 39.7 Å². The molecule has 4 nitrogen and oxygen atoms in total. The number of nitrogens with one attached hydrogen (secondary N) is 1. The number of methoxy groups -OCH3 is 2. The number of hydrogen-bond acceptors (Lipinski definition) is 4. The minimum absolute atomic E-state index is 0.135. The van der Waals surface area contributed by atoms with Crippen LogP contribution in [0.5, 0.6) is 11.5 Å². The van der Waals surface area contributed by atoms with Crippen molar-refractivity contribution in [1.29, 1.82) is 0 Å². The lowest BCUT2D eigenvalue weighted by molar-refractivity contribution is -0.190. The molecule has 0 atom stereocenters. The van der Waals surface area contributed by atoms with E-state index in [1.54, 1.807) is 18.2 Å². The van der Waals surface area contributed by atoms with Gasteiger partial charge in [0.1, 0.15) is 0 Å². The summed E-state index contributed by atoms with van der Waals surface area (Å²) in [4.78, 5) is 4.29. The van der Waals surface area contributed by atoms with Gasteiger partial charge in [-0.15, -0.1) is 0 Å². The monoisotopic (exact) mass is 265 g/mol. The summed E-state index contributed by atoms with van der Waals surface area (Å²) in [6, 6.07) is 5.02. The molecule has 7 heteroatoms. The second-order valence-electron chi connectivity index (χ2n) is 3.41. The summed E-state index contributed by atoms with van der Waals surface area (Å²) in [5.74, 6) is 1.06. The second-order valence-corrected chi connectivity index (χ2v) is 3.41. The fourth-order valence-electron chi connectivity index (χ4n) is 1.26. The predicted octanol–water partition coefficient (Wildman–Crippen LogP) is 2.29. The van der Waals surface area contributed by atoms with Crippen LogP contribution in [0.3, 0.4) is 0 Å².